The molecule has 110 valence electrons. The summed E-state index contributed by atoms with van der Waals surface area (Å²) in [6.07, 6.45) is 4.93. The van der Waals surface area contributed by atoms with Crippen molar-refractivity contribution in [2.75, 3.05) is 0 Å². The molecule has 0 spiro atoms. The van der Waals surface area contributed by atoms with Crippen LogP contribution in [0.2, 0.25) is 0 Å². The van der Waals surface area contributed by atoms with Gasteiger partial charge in [0.2, 0.25) is 0 Å². The van der Waals surface area contributed by atoms with Crippen LogP contribution in [0.5, 0.6) is 0 Å². The Balaban J connectivity index is 1.83. The lowest BCUT2D eigenvalue weighted by atomic mass is 9.68. The smallest absolute Gasteiger partial charge is 0.0984 e. The molecule has 1 saturated carbocycles. The third-order valence-corrected chi connectivity index (χ3v) is 5.56. The third kappa shape index (κ3) is 4.07. The molecular weight excluding hydrogens is 264 g/mol. The number of nitrogens with one attached hydrogen (secondary N) is 1. The summed E-state index contributed by atoms with van der Waals surface area (Å²) in [4.78, 5) is 1.31. The molecule has 2 nitrogen and oxygen atoms in total. The highest BCUT2D eigenvalue weighted by atomic mass is 32.1. The maximum atomic E-state index is 9.42. The first-order chi connectivity index (χ1) is 9.50. The van der Waals surface area contributed by atoms with Crippen molar-refractivity contribution < 1.29 is 0 Å². The Hall–Kier alpha value is -0.850. The fourth-order valence-corrected chi connectivity index (χ4v) is 3.92. The van der Waals surface area contributed by atoms with Crippen molar-refractivity contribution in [3.63, 3.8) is 0 Å². The summed E-state index contributed by atoms with van der Waals surface area (Å²) in [5, 5.41) is 15.0. The van der Waals surface area contributed by atoms with Gasteiger partial charge in [-0.3, -0.25) is 5.32 Å². The molecule has 20 heavy (non-hydrogen) atoms. The molecule has 1 aromatic rings. The molecule has 1 heterocycles. The molecule has 1 aliphatic carbocycles. The van der Waals surface area contributed by atoms with Crippen LogP contribution in [0.1, 0.15) is 51.3 Å². The molecule has 0 radical (unpaired) electrons. The summed E-state index contributed by atoms with van der Waals surface area (Å²) in [5.41, 5.74) is 0.414. The molecule has 1 atom stereocenters. The fraction of sp³-hybridized carbons (Fsp3) is 0.706. The molecule has 0 aromatic carbocycles. The van der Waals surface area contributed by atoms with Crippen LogP contribution in [0, 0.1) is 28.6 Å². The van der Waals surface area contributed by atoms with Gasteiger partial charge in [-0.1, -0.05) is 26.8 Å². The van der Waals surface area contributed by atoms with Gasteiger partial charge in [-0.2, -0.15) is 5.26 Å². The van der Waals surface area contributed by atoms with E-state index < -0.39 is 0 Å². The van der Waals surface area contributed by atoms with Gasteiger partial charge in [0.1, 0.15) is 0 Å². The molecule has 2 rings (SSSR count). The van der Waals surface area contributed by atoms with Crippen LogP contribution in [0.3, 0.4) is 0 Å². The van der Waals surface area contributed by atoms with Crippen molar-refractivity contribution in [1.29, 1.82) is 5.26 Å². The van der Waals surface area contributed by atoms with Gasteiger partial charge in [0.05, 0.1) is 12.1 Å². The Bertz CT molecular complexity index is 431. The molecule has 0 saturated heterocycles. The van der Waals surface area contributed by atoms with Crippen LogP contribution in [0.4, 0.5) is 0 Å². The Morgan fingerprint density at radius 3 is 2.55 bits per heavy atom. The second-order valence-corrected chi connectivity index (χ2v) is 8.08. The molecule has 1 unspecified atom stereocenters. The predicted octanol–water partition coefficient (Wildman–Crippen LogP) is 4.58. The van der Waals surface area contributed by atoms with Crippen LogP contribution in [-0.2, 0) is 6.54 Å². The molecule has 3 heteroatoms. The summed E-state index contributed by atoms with van der Waals surface area (Å²) in [7, 11) is 0. The van der Waals surface area contributed by atoms with E-state index in [0.29, 0.717) is 11.3 Å². The zero-order valence-corrected chi connectivity index (χ0v) is 13.7. The zero-order chi connectivity index (χ0) is 14.6. The van der Waals surface area contributed by atoms with Crippen molar-refractivity contribution in [3.8, 4) is 6.07 Å². The Labute approximate surface area is 127 Å². The molecular formula is C17H26N2S. The van der Waals surface area contributed by atoms with Crippen molar-refractivity contribution in [1.82, 2.24) is 5.32 Å². The number of hydrogen-bond donors (Lipinski definition) is 1. The van der Waals surface area contributed by atoms with Crippen LogP contribution >= 0.6 is 11.3 Å². The maximum absolute atomic E-state index is 9.42. The van der Waals surface area contributed by atoms with Crippen molar-refractivity contribution in [2.24, 2.45) is 17.3 Å². The van der Waals surface area contributed by atoms with Gasteiger partial charge in [-0.25, -0.2) is 0 Å². The molecule has 1 N–H and O–H groups in total. The highest BCUT2D eigenvalue weighted by Crippen LogP contribution is 2.40. The van der Waals surface area contributed by atoms with Gasteiger partial charge in [-0.15, -0.1) is 11.3 Å². The van der Waals surface area contributed by atoms with Gasteiger partial charge in [0, 0.05) is 11.4 Å². The third-order valence-electron chi connectivity index (χ3n) is 4.68. The van der Waals surface area contributed by atoms with Crippen molar-refractivity contribution >= 4 is 11.3 Å². The Kier molecular flexibility index (Phi) is 5.23. The Morgan fingerprint density at radius 2 is 2.05 bits per heavy atom. The average Bonchev–Trinajstić information content (AvgIpc) is 2.92. The minimum absolute atomic E-state index is 0.0121. The standard InChI is InChI=1S/C17H26N2S/c1-17(2,3)14-8-6-13(7-9-14)16(11-18)19-12-15-5-4-10-20-15/h4-5,10,13-14,16,19H,6-9,12H2,1-3H3. The topological polar surface area (TPSA) is 35.8 Å². The average molecular weight is 290 g/mol. The summed E-state index contributed by atoms with van der Waals surface area (Å²) >= 11 is 1.75. The van der Waals surface area contributed by atoms with E-state index in [2.05, 4.69) is 49.7 Å². The minimum Gasteiger partial charge on any atom is -0.297 e. The van der Waals surface area contributed by atoms with Crippen LogP contribution in [0.15, 0.2) is 17.5 Å². The minimum atomic E-state index is 0.0121. The number of rotatable bonds is 4. The number of hydrogen-bond acceptors (Lipinski definition) is 3. The molecule has 0 aliphatic heterocycles. The highest BCUT2D eigenvalue weighted by Gasteiger charge is 2.32. The van der Waals surface area contributed by atoms with E-state index in [1.165, 1.54) is 30.6 Å². The van der Waals surface area contributed by atoms with Crippen molar-refractivity contribution in [2.45, 2.75) is 59.0 Å². The molecule has 1 fully saturated rings. The van der Waals surface area contributed by atoms with E-state index in [1.807, 2.05) is 0 Å². The largest absolute Gasteiger partial charge is 0.297 e. The quantitative estimate of drug-likeness (QED) is 0.881. The second kappa shape index (κ2) is 6.74. The molecule has 1 aliphatic rings. The van der Waals surface area contributed by atoms with E-state index in [9.17, 15) is 5.26 Å². The van der Waals surface area contributed by atoms with Crippen LogP contribution < -0.4 is 5.32 Å². The number of thiophene rings is 1. The van der Waals surface area contributed by atoms with Gasteiger partial charge in [0.25, 0.3) is 0 Å². The van der Waals surface area contributed by atoms with Gasteiger partial charge < -0.3 is 0 Å². The lowest BCUT2D eigenvalue weighted by Crippen LogP contribution is -2.38. The lowest BCUT2D eigenvalue weighted by Gasteiger charge is -2.38. The first-order valence-corrected chi connectivity index (χ1v) is 8.54. The van der Waals surface area contributed by atoms with Gasteiger partial charge >= 0.3 is 0 Å². The second-order valence-electron chi connectivity index (χ2n) is 7.04. The first-order valence-electron chi connectivity index (χ1n) is 7.66. The normalized spacial score (nSPS) is 25.1. The van der Waals surface area contributed by atoms with Crippen molar-refractivity contribution in [3.05, 3.63) is 22.4 Å². The Morgan fingerprint density at radius 1 is 1.35 bits per heavy atom. The van der Waals surface area contributed by atoms with Gasteiger partial charge in [-0.05, 0) is 54.4 Å². The van der Waals surface area contributed by atoms with Gasteiger partial charge in [0.15, 0.2) is 0 Å². The lowest BCUT2D eigenvalue weighted by molar-refractivity contribution is 0.141. The highest BCUT2D eigenvalue weighted by molar-refractivity contribution is 7.09. The monoisotopic (exact) mass is 290 g/mol. The number of nitriles is 1. The van der Waals surface area contributed by atoms with E-state index in [1.54, 1.807) is 11.3 Å². The number of nitrogens with zero attached hydrogens (tertiary/aromatic N) is 1. The summed E-state index contributed by atoms with van der Waals surface area (Å²) < 4.78 is 0. The predicted molar refractivity (Wildman–Crippen MR) is 85.5 cm³/mol. The molecule has 0 bridgehead atoms. The first kappa shape index (κ1) is 15.5. The van der Waals surface area contributed by atoms with E-state index in [4.69, 9.17) is 0 Å². The summed E-state index contributed by atoms with van der Waals surface area (Å²) in [6.45, 7) is 7.85. The summed E-state index contributed by atoms with van der Waals surface area (Å²) in [6, 6.07) is 6.69. The SMILES string of the molecule is CC(C)(C)C1CCC(C(C#N)NCc2cccs2)CC1. The summed E-state index contributed by atoms with van der Waals surface area (Å²) in [5.74, 6) is 1.34. The van der Waals surface area contributed by atoms with Crippen LogP contribution in [-0.4, -0.2) is 6.04 Å². The molecule has 0 amide bonds. The zero-order valence-electron chi connectivity index (χ0n) is 12.9. The molecule has 1 aromatic heterocycles. The fourth-order valence-electron chi connectivity index (χ4n) is 3.26. The van der Waals surface area contributed by atoms with E-state index >= 15 is 0 Å². The van der Waals surface area contributed by atoms with E-state index in [0.717, 1.165) is 12.5 Å². The van der Waals surface area contributed by atoms with E-state index in [-0.39, 0.29) is 6.04 Å². The van der Waals surface area contributed by atoms with Crippen LogP contribution in [0.25, 0.3) is 0 Å². The maximum Gasteiger partial charge on any atom is 0.0984 e.